The Kier molecular flexibility index (Phi) is 3.35. The smallest absolute Gasteiger partial charge is 0.383 e. The van der Waals surface area contributed by atoms with Gasteiger partial charge < -0.3 is 5.32 Å². The summed E-state index contributed by atoms with van der Waals surface area (Å²) in [6.45, 7) is 0. The largest absolute Gasteiger partial charge is 0.454 e. The Morgan fingerprint density at radius 1 is 1.41 bits per heavy atom. The highest BCUT2D eigenvalue weighted by molar-refractivity contribution is 6.01. The van der Waals surface area contributed by atoms with Crippen LogP contribution in [0.2, 0.25) is 0 Å². The van der Waals surface area contributed by atoms with Crippen LogP contribution in [0, 0.1) is 10.1 Å². The Bertz CT molecular complexity index is 471. The van der Waals surface area contributed by atoms with Gasteiger partial charge in [-0.05, 0) is 12.1 Å². The molecule has 0 unspecified atom stereocenters. The summed E-state index contributed by atoms with van der Waals surface area (Å²) in [5.41, 5.74) is -1.31. The molecule has 0 fully saturated rings. The van der Waals surface area contributed by atoms with E-state index in [1.54, 1.807) is 0 Å². The van der Waals surface area contributed by atoms with Gasteiger partial charge in [0, 0.05) is 18.7 Å². The van der Waals surface area contributed by atoms with Crippen molar-refractivity contribution in [1.82, 2.24) is 0 Å². The number of anilines is 1. The summed E-state index contributed by atoms with van der Waals surface area (Å²) >= 11 is 0. The van der Waals surface area contributed by atoms with E-state index in [-0.39, 0.29) is 5.69 Å². The highest BCUT2D eigenvalue weighted by Gasteiger charge is 2.39. The van der Waals surface area contributed by atoms with Gasteiger partial charge in [-0.3, -0.25) is 14.9 Å². The minimum Gasteiger partial charge on any atom is -0.383 e. The van der Waals surface area contributed by atoms with E-state index in [4.69, 9.17) is 0 Å². The number of carbonyl (C=O) groups excluding carboxylic acids is 1. The van der Waals surface area contributed by atoms with Gasteiger partial charge in [-0.15, -0.1) is 0 Å². The monoisotopic (exact) mass is 248 g/mol. The van der Waals surface area contributed by atoms with Crippen molar-refractivity contribution in [2.75, 3.05) is 12.4 Å². The second kappa shape index (κ2) is 4.40. The molecule has 0 aliphatic rings. The summed E-state index contributed by atoms with van der Waals surface area (Å²) in [6, 6.07) is 2.54. The lowest BCUT2D eigenvalue weighted by molar-refractivity contribution is -0.384. The van der Waals surface area contributed by atoms with E-state index >= 15 is 0 Å². The predicted octanol–water partition coefficient (Wildman–Crippen LogP) is 2.38. The molecule has 0 spiro atoms. The first-order valence-electron chi connectivity index (χ1n) is 4.35. The topological polar surface area (TPSA) is 72.2 Å². The van der Waals surface area contributed by atoms with Crippen LogP contribution in [0.5, 0.6) is 0 Å². The minimum absolute atomic E-state index is 0.0359. The van der Waals surface area contributed by atoms with Crippen LogP contribution < -0.4 is 5.32 Å². The Morgan fingerprint density at radius 2 is 2.00 bits per heavy atom. The average Bonchev–Trinajstić information content (AvgIpc) is 2.25. The average molecular weight is 248 g/mol. The van der Waals surface area contributed by atoms with Crippen LogP contribution in [-0.4, -0.2) is 23.9 Å². The molecule has 0 aliphatic carbocycles. The maximum Gasteiger partial charge on any atom is 0.454 e. The van der Waals surface area contributed by atoms with Crippen molar-refractivity contribution in [1.29, 1.82) is 0 Å². The normalized spacial score (nSPS) is 11.1. The highest BCUT2D eigenvalue weighted by Crippen LogP contribution is 2.28. The maximum atomic E-state index is 12.1. The number of nitro benzene ring substituents is 1. The molecule has 0 bridgehead atoms. The highest BCUT2D eigenvalue weighted by atomic mass is 19.4. The van der Waals surface area contributed by atoms with E-state index < -0.39 is 28.1 Å². The van der Waals surface area contributed by atoms with Gasteiger partial charge in [0.25, 0.3) is 11.5 Å². The van der Waals surface area contributed by atoms with Gasteiger partial charge >= 0.3 is 6.18 Å². The summed E-state index contributed by atoms with van der Waals surface area (Å²) in [5, 5.41) is 13.0. The summed E-state index contributed by atoms with van der Waals surface area (Å²) in [5.74, 6) is -2.11. The van der Waals surface area contributed by atoms with Gasteiger partial charge in [0.15, 0.2) is 0 Å². The van der Waals surface area contributed by atoms with Crippen LogP contribution in [0.15, 0.2) is 18.2 Å². The third-order valence-corrected chi connectivity index (χ3v) is 1.98. The van der Waals surface area contributed by atoms with Gasteiger partial charge in [-0.1, -0.05) is 0 Å². The molecule has 5 nitrogen and oxygen atoms in total. The fourth-order valence-electron chi connectivity index (χ4n) is 1.20. The Morgan fingerprint density at radius 3 is 2.41 bits per heavy atom. The molecule has 1 rings (SSSR count). The molecule has 0 aliphatic heterocycles. The number of hydrogen-bond acceptors (Lipinski definition) is 4. The number of nitro groups is 1. The Hall–Kier alpha value is -2.12. The number of benzene rings is 1. The molecule has 0 saturated heterocycles. The SMILES string of the molecule is CNc1ccc(C(=O)C(F)(F)F)cc1[N+](=O)[O-]. The van der Waals surface area contributed by atoms with Crippen LogP contribution in [0.3, 0.4) is 0 Å². The zero-order chi connectivity index (χ0) is 13.2. The van der Waals surface area contributed by atoms with Gasteiger partial charge in [0.2, 0.25) is 0 Å². The molecular weight excluding hydrogens is 241 g/mol. The van der Waals surface area contributed by atoms with Crippen LogP contribution in [0.25, 0.3) is 0 Å². The van der Waals surface area contributed by atoms with Crippen LogP contribution in [0.4, 0.5) is 24.5 Å². The molecule has 1 aromatic carbocycles. The minimum atomic E-state index is -5.05. The lowest BCUT2D eigenvalue weighted by Gasteiger charge is -2.07. The van der Waals surface area contributed by atoms with Crippen LogP contribution in [0.1, 0.15) is 10.4 Å². The summed E-state index contributed by atoms with van der Waals surface area (Å²) < 4.78 is 36.3. The zero-order valence-corrected chi connectivity index (χ0v) is 8.54. The van der Waals surface area contributed by atoms with Crippen molar-refractivity contribution in [3.05, 3.63) is 33.9 Å². The molecule has 1 aromatic rings. The zero-order valence-electron chi connectivity index (χ0n) is 8.54. The first-order chi connectivity index (χ1) is 7.77. The van der Waals surface area contributed by atoms with E-state index in [2.05, 4.69) is 5.32 Å². The molecule has 0 aromatic heterocycles. The quantitative estimate of drug-likeness (QED) is 0.506. The standard InChI is InChI=1S/C9H7F3N2O3/c1-13-6-3-2-5(4-7(6)14(16)17)8(15)9(10,11)12/h2-4,13H,1H3. The van der Waals surface area contributed by atoms with Crippen molar-refractivity contribution in [2.24, 2.45) is 0 Å². The van der Waals surface area contributed by atoms with Crippen molar-refractivity contribution in [3.63, 3.8) is 0 Å². The lowest BCUT2D eigenvalue weighted by Crippen LogP contribution is -2.22. The van der Waals surface area contributed by atoms with E-state index in [0.29, 0.717) is 6.07 Å². The molecule has 0 atom stereocenters. The summed E-state index contributed by atoms with van der Waals surface area (Å²) in [7, 11) is 1.38. The second-order valence-corrected chi connectivity index (χ2v) is 3.07. The van der Waals surface area contributed by atoms with Crippen molar-refractivity contribution in [3.8, 4) is 0 Å². The van der Waals surface area contributed by atoms with Crippen LogP contribution in [-0.2, 0) is 0 Å². The number of ketones is 1. The Balaban J connectivity index is 3.26. The molecule has 0 saturated carbocycles. The first kappa shape index (κ1) is 12.9. The third kappa shape index (κ3) is 2.71. The van der Waals surface area contributed by atoms with E-state index in [1.165, 1.54) is 7.05 Å². The third-order valence-electron chi connectivity index (χ3n) is 1.98. The number of halogens is 3. The molecule has 17 heavy (non-hydrogen) atoms. The van der Waals surface area contributed by atoms with E-state index in [0.717, 1.165) is 12.1 Å². The molecule has 8 heteroatoms. The Labute approximate surface area is 93.4 Å². The van der Waals surface area contributed by atoms with Gasteiger partial charge in [-0.25, -0.2) is 0 Å². The van der Waals surface area contributed by atoms with Gasteiger partial charge in [0.1, 0.15) is 5.69 Å². The number of alkyl halides is 3. The molecule has 0 heterocycles. The number of carbonyl (C=O) groups is 1. The van der Waals surface area contributed by atoms with Crippen LogP contribution >= 0.6 is 0 Å². The fourth-order valence-corrected chi connectivity index (χ4v) is 1.20. The number of nitrogens with one attached hydrogen (secondary N) is 1. The number of hydrogen-bond donors (Lipinski definition) is 1. The number of rotatable bonds is 3. The molecule has 0 radical (unpaired) electrons. The maximum absolute atomic E-state index is 12.1. The van der Waals surface area contributed by atoms with Crippen molar-refractivity contribution in [2.45, 2.75) is 6.18 Å². The number of nitrogens with zero attached hydrogens (tertiary/aromatic N) is 1. The van der Waals surface area contributed by atoms with E-state index in [9.17, 15) is 28.1 Å². The lowest BCUT2D eigenvalue weighted by atomic mass is 10.1. The van der Waals surface area contributed by atoms with Gasteiger partial charge in [-0.2, -0.15) is 13.2 Å². The van der Waals surface area contributed by atoms with Crippen molar-refractivity contribution < 1.29 is 22.9 Å². The van der Waals surface area contributed by atoms with Crippen molar-refractivity contribution >= 4 is 17.2 Å². The molecule has 1 N–H and O–H groups in total. The molecule has 0 amide bonds. The second-order valence-electron chi connectivity index (χ2n) is 3.07. The summed E-state index contributed by atoms with van der Waals surface area (Å²) in [6.07, 6.45) is -5.05. The van der Waals surface area contributed by atoms with E-state index in [1.807, 2.05) is 0 Å². The predicted molar refractivity (Wildman–Crippen MR) is 53.0 cm³/mol. The van der Waals surface area contributed by atoms with Gasteiger partial charge in [0.05, 0.1) is 4.92 Å². The molecule has 92 valence electrons. The fraction of sp³-hybridized carbons (Fsp3) is 0.222. The summed E-state index contributed by atoms with van der Waals surface area (Å²) in [4.78, 5) is 20.6. The first-order valence-corrected chi connectivity index (χ1v) is 4.35. The number of Topliss-reactive ketones (excluding diaryl/α,β-unsaturated/α-hetero) is 1. The molecular formula is C9H7F3N2O3.